The monoisotopic (exact) mass is 301 g/mol. The van der Waals surface area contributed by atoms with Crippen molar-refractivity contribution >= 4 is 34.9 Å². The highest BCUT2D eigenvalue weighted by molar-refractivity contribution is 6.42. The zero-order chi connectivity index (χ0) is 14.0. The number of rotatable bonds is 2. The topological polar surface area (TPSA) is 35.6 Å². The number of nitrogens with one attached hydrogen (secondary N) is 1. The maximum absolute atomic E-state index is 12.1. The molecule has 19 heavy (non-hydrogen) atoms. The van der Waals surface area contributed by atoms with Crippen molar-refractivity contribution in [3.8, 4) is 0 Å². The number of halogens is 2. The highest BCUT2D eigenvalue weighted by Crippen LogP contribution is 2.25. The van der Waals surface area contributed by atoms with E-state index in [1.165, 1.54) is 0 Å². The van der Waals surface area contributed by atoms with Gasteiger partial charge in [-0.1, -0.05) is 23.2 Å². The summed E-state index contributed by atoms with van der Waals surface area (Å²) >= 11 is 11.8. The maximum atomic E-state index is 12.1. The Bertz CT molecular complexity index is 481. The number of nitrogens with zero attached hydrogens (tertiary/aromatic N) is 2. The van der Waals surface area contributed by atoms with E-state index in [1.807, 2.05) is 7.05 Å². The minimum Gasteiger partial charge on any atom is -0.323 e. The van der Waals surface area contributed by atoms with Crippen LogP contribution in [0.3, 0.4) is 0 Å². The van der Waals surface area contributed by atoms with Crippen LogP contribution in [-0.2, 0) is 0 Å². The Kier molecular flexibility index (Phi) is 4.55. The molecule has 0 radical (unpaired) electrons. The molecule has 1 aliphatic rings. The smallest absolute Gasteiger partial charge is 0.321 e. The molecule has 2 amide bonds. The molecule has 1 aromatic carbocycles. The quantitative estimate of drug-likeness (QED) is 0.911. The number of anilines is 1. The van der Waals surface area contributed by atoms with E-state index in [1.54, 1.807) is 23.1 Å². The van der Waals surface area contributed by atoms with Crippen molar-refractivity contribution in [1.82, 2.24) is 9.80 Å². The second-order valence-corrected chi connectivity index (χ2v) is 5.69. The summed E-state index contributed by atoms with van der Waals surface area (Å²) < 4.78 is 0. The van der Waals surface area contributed by atoms with E-state index >= 15 is 0 Å². The lowest BCUT2D eigenvalue weighted by molar-refractivity contribution is 0.204. The lowest BCUT2D eigenvalue weighted by Gasteiger charge is -2.24. The highest BCUT2D eigenvalue weighted by atomic mass is 35.5. The molecule has 0 bridgehead atoms. The van der Waals surface area contributed by atoms with Gasteiger partial charge < -0.3 is 15.1 Å². The summed E-state index contributed by atoms with van der Waals surface area (Å²) in [6, 6.07) is 5.19. The van der Waals surface area contributed by atoms with Gasteiger partial charge in [0.2, 0.25) is 0 Å². The second kappa shape index (κ2) is 5.99. The largest absolute Gasteiger partial charge is 0.323 e. The van der Waals surface area contributed by atoms with Crippen LogP contribution in [0.15, 0.2) is 18.2 Å². The molecule has 2 rings (SSSR count). The van der Waals surface area contributed by atoms with Crippen LogP contribution >= 0.6 is 23.2 Å². The van der Waals surface area contributed by atoms with Gasteiger partial charge in [0.1, 0.15) is 0 Å². The number of hydrogen-bond donors (Lipinski definition) is 1. The van der Waals surface area contributed by atoms with E-state index < -0.39 is 0 Å². The summed E-state index contributed by atoms with van der Waals surface area (Å²) in [6.07, 6.45) is 1.00. The Morgan fingerprint density at radius 1 is 1.42 bits per heavy atom. The number of likely N-dealkylation sites (tertiary alicyclic amines) is 1. The van der Waals surface area contributed by atoms with Crippen molar-refractivity contribution in [3.63, 3.8) is 0 Å². The summed E-state index contributed by atoms with van der Waals surface area (Å²) in [7, 11) is 3.88. The molecule has 1 aromatic rings. The zero-order valence-corrected chi connectivity index (χ0v) is 12.5. The van der Waals surface area contributed by atoms with Crippen molar-refractivity contribution in [3.05, 3.63) is 28.2 Å². The molecular formula is C13H17Cl2N3O. The normalized spacial score (nSPS) is 19.5. The fourth-order valence-corrected chi connectivity index (χ4v) is 2.48. The molecule has 4 nitrogen and oxygen atoms in total. The van der Waals surface area contributed by atoms with Gasteiger partial charge in [0.15, 0.2) is 0 Å². The Morgan fingerprint density at radius 2 is 2.16 bits per heavy atom. The van der Waals surface area contributed by atoms with E-state index in [2.05, 4.69) is 17.3 Å². The predicted molar refractivity (Wildman–Crippen MR) is 79.1 cm³/mol. The van der Waals surface area contributed by atoms with Crippen LogP contribution in [0.5, 0.6) is 0 Å². The first-order chi connectivity index (χ1) is 8.97. The molecule has 1 heterocycles. The Morgan fingerprint density at radius 3 is 2.74 bits per heavy atom. The first-order valence-corrected chi connectivity index (χ1v) is 6.90. The standard InChI is InChI=1S/C13H17Cl2N3O/c1-17-6-5-10(8-17)18(2)13(19)16-9-3-4-11(14)12(15)7-9/h3-4,7,10H,5-6,8H2,1-2H3,(H,16,19). The fraction of sp³-hybridized carbons (Fsp3) is 0.462. The number of benzene rings is 1. The van der Waals surface area contributed by atoms with Crippen LogP contribution in [0.2, 0.25) is 10.0 Å². The Balaban J connectivity index is 1.98. The molecule has 0 aliphatic carbocycles. The van der Waals surface area contributed by atoms with Crippen molar-refractivity contribution in [2.45, 2.75) is 12.5 Å². The van der Waals surface area contributed by atoms with Crippen molar-refractivity contribution < 1.29 is 4.79 Å². The summed E-state index contributed by atoms with van der Waals surface area (Å²) in [4.78, 5) is 16.1. The first-order valence-electron chi connectivity index (χ1n) is 6.15. The third-order valence-corrected chi connectivity index (χ3v) is 4.14. The number of hydrogen-bond acceptors (Lipinski definition) is 2. The lowest BCUT2D eigenvalue weighted by atomic mass is 10.2. The third-order valence-electron chi connectivity index (χ3n) is 3.41. The molecule has 0 aromatic heterocycles. The molecule has 1 saturated heterocycles. The van der Waals surface area contributed by atoms with Gasteiger partial charge in [-0.25, -0.2) is 4.79 Å². The van der Waals surface area contributed by atoms with Crippen LogP contribution < -0.4 is 5.32 Å². The van der Waals surface area contributed by atoms with Gasteiger partial charge >= 0.3 is 6.03 Å². The zero-order valence-electron chi connectivity index (χ0n) is 11.0. The average molecular weight is 302 g/mol. The molecule has 1 aliphatic heterocycles. The van der Waals surface area contributed by atoms with Gasteiger partial charge in [0.05, 0.1) is 10.0 Å². The summed E-state index contributed by atoms with van der Waals surface area (Å²) in [6.45, 7) is 1.93. The number of urea groups is 1. The minimum absolute atomic E-state index is 0.126. The van der Waals surface area contributed by atoms with Gasteiger partial charge in [0, 0.05) is 25.3 Å². The van der Waals surface area contributed by atoms with Gasteiger partial charge in [-0.2, -0.15) is 0 Å². The van der Waals surface area contributed by atoms with E-state index in [4.69, 9.17) is 23.2 Å². The number of amides is 2. The molecular weight excluding hydrogens is 285 g/mol. The lowest BCUT2D eigenvalue weighted by Crippen LogP contribution is -2.41. The van der Waals surface area contributed by atoms with E-state index in [9.17, 15) is 4.79 Å². The minimum atomic E-state index is -0.126. The SMILES string of the molecule is CN1CCC(N(C)C(=O)Nc2ccc(Cl)c(Cl)c2)C1. The molecule has 104 valence electrons. The summed E-state index contributed by atoms with van der Waals surface area (Å²) in [5.74, 6) is 0. The fourth-order valence-electron chi connectivity index (χ4n) is 2.18. The maximum Gasteiger partial charge on any atom is 0.321 e. The van der Waals surface area contributed by atoms with Gasteiger partial charge in [-0.05, 0) is 38.2 Å². The molecule has 0 spiro atoms. The van der Waals surface area contributed by atoms with Crippen LogP contribution in [-0.4, -0.2) is 49.1 Å². The van der Waals surface area contributed by atoms with Crippen molar-refractivity contribution in [2.24, 2.45) is 0 Å². The molecule has 6 heteroatoms. The molecule has 1 unspecified atom stereocenters. The van der Waals surface area contributed by atoms with Crippen molar-refractivity contribution in [2.75, 3.05) is 32.5 Å². The number of carbonyl (C=O) groups is 1. The first kappa shape index (κ1) is 14.4. The average Bonchev–Trinajstić information content (AvgIpc) is 2.79. The highest BCUT2D eigenvalue weighted by Gasteiger charge is 2.26. The summed E-state index contributed by atoms with van der Waals surface area (Å²) in [5.41, 5.74) is 0.651. The molecule has 1 N–H and O–H groups in total. The molecule has 1 fully saturated rings. The van der Waals surface area contributed by atoms with Crippen LogP contribution in [0, 0.1) is 0 Å². The van der Waals surface area contributed by atoms with E-state index in [-0.39, 0.29) is 12.1 Å². The number of carbonyl (C=O) groups excluding carboxylic acids is 1. The summed E-state index contributed by atoms with van der Waals surface area (Å²) in [5, 5.41) is 3.74. The van der Waals surface area contributed by atoms with Crippen LogP contribution in [0.25, 0.3) is 0 Å². The molecule has 1 atom stereocenters. The third kappa shape index (κ3) is 3.53. The second-order valence-electron chi connectivity index (χ2n) is 4.87. The molecule has 0 saturated carbocycles. The van der Waals surface area contributed by atoms with Crippen molar-refractivity contribution in [1.29, 1.82) is 0 Å². The van der Waals surface area contributed by atoms with E-state index in [0.29, 0.717) is 15.7 Å². The van der Waals surface area contributed by atoms with E-state index in [0.717, 1.165) is 19.5 Å². The Hall–Kier alpha value is -0.970. The predicted octanol–water partition coefficient (Wildman–Crippen LogP) is 3.16. The number of likely N-dealkylation sites (N-methyl/N-ethyl adjacent to an activating group) is 2. The van der Waals surface area contributed by atoms with Crippen LogP contribution in [0.1, 0.15) is 6.42 Å². The van der Waals surface area contributed by atoms with Gasteiger partial charge in [-0.3, -0.25) is 0 Å². The van der Waals surface area contributed by atoms with Crippen LogP contribution in [0.4, 0.5) is 10.5 Å². The van der Waals surface area contributed by atoms with Gasteiger partial charge in [-0.15, -0.1) is 0 Å². The van der Waals surface area contributed by atoms with Gasteiger partial charge in [0.25, 0.3) is 0 Å². The Labute approximate surface area is 123 Å².